The maximum atomic E-state index is 12.0. The maximum Gasteiger partial charge on any atom is 0.255 e. The Morgan fingerprint density at radius 1 is 1.32 bits per heavy atom. The van der Waals surface area contributed by atoms with Gasteiger partial charge in [-0.3, -0.25) is 4.79 Å². The summed E-state index contributed by atoms with van der Waals surface area (Å²) in [5.41, 5.74) is 2.39. The number of nitrogens with one attached hydrogen (secondary N) is 1. The number of phenolic OH excluding ortho intramolecular Hbond substituents is 1. The zero-order valence-corrected chi connectivity index (χ0v) is 11.3. The van der Waals surface area contributed by atoms with E-state index in [1.807, 2.05) is 0 Å². The Bertz CT molecular complexity index is 641. The predicted molar refractivity (Wildman–Crippen MR) is 74.8 cm³/mol. The van der Waals surface area contributed by atoms with Crippen LogP contribution in [0.3, 0.4) is 0 Å². The third-order valence-electron chi connectivity index (χ3n) is 2.87. The van der Waals surface area contributed by atoms with Crippen LogP contribution in [0.1, 0.15) is 21.5 Å². The van der Waals surface area contributed by atoms with E-state index < -0.39 is 0 Å². The van der Waals surface area contributed by atoms with E-state index in [4.69, 9.17) is 11.6 Å². The van der Waals surface area contributed by atoms with Crippen LogP contribution in [-0.2, 0) is 0 Å². The lowest BCUT2D eigenvalue weighted by molar-refractivity contribution is 0.102. The number of carbonyl (C=O) groups is 1. The molecule has 0 atom stereocenters. The highest BCUT2D eigenvalue weighted by molar-refractivity contribution is 6.29. The Morgan fingerprint density at radius 3 is 2.74 bits per heavy atom. The average molecular weight is 277 g/mol. The number of phenols is 1. The van der Waals surface area contributed by atoms with Crippen molar-refractivity contribution in [3.05, 3.63) is 52.3 Å². The lowest BCUT2D eigenvalue weighted by atomic mass is 10.1. The van der Waals surface area contributed by atoms with Gasteiger partial charge in [-0.05, 0) is 37.6 Å². The second-order valence-electron chi connectivity index (χ2n) is 4.22. The molecule has 5 heteroatoms. The summed E-state index contributed by atoms with van der Waals surface area (Å²) in [6.45, 7) is 3.55. The van der Waals surface area contributed by atoms with Gasteiger partial charge in [0, 0.05) is 23.0 Å². The van der Waals surface area contributed by atoms with Gasteiger partial charge < -0.3 is 10.4 Å². The fourth-order valence-corrected chi connectivity index (χ4v) is 1.88. The summed E-state index contributed by atoms with van der Waals surface area (Å²) in [6, 6.07) is 6.56. The Hall–Kier alpha value is -2.07. The van der Waals surface area contributed by atoms with E-state index in [0.29, 0.717) is 16.8 Å². The number of carbonyl (C=O) groups excluding carboxylic acids is 1. The number of amides is 1. The maximum absolute atomic E-state index is 12.0. The van der Waals surface area contributed by atoms with Crippen LogP contribution in [0.15, 0.2) is 30.5 Å². The van der Waals surface area contributed by atoms with Crippen LogP contribution < -0.4 is 5.32 Å². The molecule has 2 rings (SSSR count). The molecule has 1 aromatic carbocycles. The number of aromatic hydroxyl groups is 1. The fourth-order valence-electron chi connectivity index (χ4n) is 1.71. The molecule has 98 valence electrons. The van der Waals surface area contributed by atoms with Crippen molar-refractivity contribution in [1.29, 1.82) is 0 Å². The highest BCUT2D eigenvalue weighted by Crippen LogP contribution is 2.28. The van der Waals surface area contributed by atoms with Crippen molar-refractivity contribution >= 4 is 23.2 Å². The van der Waals surface area contributed by atoms with Crippen LogP contribution in [0, 0.1) is 13.8 Å². The molecule has 0 saturated carbocycles. The molecule has 0 aliphatic rings. The topological polar surface area (TPSA) is 62.2 Å². The Morgan fingerprint density at radius 2 is 2.05 bits per heavy atom. The predicted octanol–water partition coefficient (Wildman–Crippen LogP) is 3.31. The van der Waals surface area contributed by atoms with Gasteiger partial charge in [0.15, 0.2) is 0 Å². The molecule has 0 aliphatic heterocycles. The van der Waals surface area contributed by atoms with Gasteiger partial charge in [0.25, 0.3) is 5.91 Å². The number of aromatic nitrogens is 1. The summed E-state index contributed by atoms with van der Waals surface area (Å²) in [7, 11) is 0. The number of nitrogens with zero attached hydrogens (tertiary/aromatic N) is 1. The molecule has 19 heavy (non-hydrogen) atoms. The van der Waals surface area contributed by atoms with Crippen LogP contribution in [0.2, 0.25) is 5.15 Å². The SMILES string of the molecule is Cc1ccc(NC(=O)c2ccnc(Cl)c2)c(C)c1O. The van der Waals surface area contributed by atoms with E-state index in [1.54, 1.807) is 32.0 Å². The highest BCUT2D eigenvalue weighted by Gasteiger charge is 2.11. The molecule has 0 radical (unpaired) electrons. The molecule has 1 amide bonds. The van der Waals surface area contributed by atoms with Crippen molar-refractivity contribution in [2.45, 2.75) is 13.8 Å². The minimum absolute atomic E-state index is 0.186. The van der Waals surface area contributed by atoms with Gasteiger partial charge in [-0.1, -0.05) is 17.7 Å². The minimum Gasteiger partial charge on any atom is -0.507 e. The summed E-state index contributed by atoms with van der Waals surface area (Å²) >= 11 is 5.74. The first-order valence-electron chi connectivity index (χ1n) is 5.71. The van der Waals surface area contributed by atoms with E-state index in [1.165, 1.54) is 12.3 Å². The van der Waals surface area contributed by atoms with E-state index in [9.17, 15) is 9.90 Å². The number of hydrogen-bond donors (Lipinski definition) is 2. The van der Waals surface area contributed by atoms with Crippen LogP contribution in [0.5, 0.6) is 5.75 Å². The summed E-state index contributed by atoms with van der Waals surface area (Å²) in [5.74, 6) is -0.110. The largest absolute Gasteiger partial charge is 0.507 e. The van der Waals surface area contributed by atoms with E-state index >= 15 is 0 Å². The molecule has 0 bridgehead atoms. The third kappa shape index (κ3) is 2.85. The van der Waals surface area contributed by atoms with Crippen LogP contribution in [0.4, 0.5) is 5.69 Å². The summed E-state index contributed by atoms with van der Waals surface area (Å²) in [4.78, 5) is 15.9. The van der Waals surface area contributed by atoms with Crippen molar-refractivity contribution in [3.8, 4) is 5.75 Å². The van der Waals surface area contributed by atoms with Gasteiger partial charge in [-0.2, -0.15) is 0 Å². The lowest BCUT2D eigenvalue weighted by Gasteiger charge is -2.11. The smallest absolute Gasteiger partial charge is 0.255 e. The van der Waals surface area contributed by atoms with Crippen molar-refractivity contribution in [2.24, 2.45) is 0 Å². The summed E-state index contributed by atoms with van der Waals surface area (Å²) in [5, 5.41) is 12.8. The van der Waals surface area contributed by atoms with Gasteiger partial charge in [-0.25, -0.2) is 4.98 Å². The van der Waals surface area contributed by atoms with Crippen LogP contribution >= 0.6 is 11.6 Å². The number of aryl methyl sites for hydroxylation is 1. The highest BCUT2D eigenvalue weighted by atomic mass is 35.5. The molecule has 0 saturated heterocycles. The fraction of sp³-hybridized carbons (Fsp3) is 0.143. The van der Waals surface area contributed by atoms with Gasteiger partial charge >= 0.3 is 0 Å². The van der Waals surface area contributed by atoms with Gasteiger partial charge in [0.1, 0.15) is 10.9 Å². The van der Waals surface area contributed by atoms with Crippen molar-refractivity contribution < 1.29 is 9.90 Å². The Balaban J connectivity index is 2.27. The monoisotopic (exact) mass is 276 g/mol. The van der Waals surface area contributed by atoms with E-state index in [2.05, 4.69) is 10.3 Å². The minimum atomic E-state index is -0.296. The zero-order valence-electron chi connectivity index (χ0n) is 10.6. The van der Waals surface area contributed by atoms with Crippen molar-refractivity contribution in [3.63, 3.8) is 0 Å². The molecular weight excluding hydrogens is 264 g/mol. The quantitative estimate of drug-likeness (QED) is 0.827. The Kier molecular flexibility index (Phi) is 3.71. The standard InChI is InChI=1S/C14H13ClN2O2/c1-8-3-4-11(9(2)13(8)18)17-14(19)10-5-6-16-12(15)7-10/h3-7,18H,1-2H3,(H,17,19). The number of halogens is 1. The number of benzene rings is 1. The summed E-state index contributed by atoms with van der Waals surface area (Å²) in [6.07, 6.45) is 1.47. The second kappa shape index (κ2) is 5.28. The molecule has 0 spiro atoms. The van der Waals surface area contributed by atoms with E-state index in [-0.39, 0.29) is 16.8 Å². The average Bonchev–Trinajstić information content (AvgIpc) is 2.39. The van der Waals surface area contributed by atoms with Crippen LogP contribution in [-0.4, -0.2) is 16.0 Å². The van der Waals surface area contributed by atoms with Crippen LogP contribution in [0.25, 0.3) is 0 Å². The first-order valence-corrected chi connectivity index (χ1v) is 6.09. The third-order valence-corrected chi connectivity index (χ3v) is 3.08. The molecule has 1 heterocycles. The van der Waals surface area contributed by atoms with Crippen molar-refractivity contribution in [2.75, 3.05) is 5.32 Å². The second-order valence-corrected chi connectivity index (χ2v) is 4.61. The number of hydrogen-bond acceptors (Lipinski definition) is 3. The molecule has 0 aliphatic carbocycles. The van der Waals surface area contributed by atoms with Gasteiger partial charge in [-0.15, -0.1) is 0 Å². The van der Waals surface area contributed by atoms with Gasteiger partial charge in [0.05, 0.1) is 0 Å². The molecule has 1 aromatic heterocycles. The normalized spacial score (nSPS) is 10.3. The summed E-state index contributed by atoms with van der Waals surface area (Å²) < 4.78 is 0. The number of anilines is 1. The molecule has 0 fully saturated rings. The molecule has 0 unspecified atom stereocenters. The van der Waals surface area contributed by atoms with E-state index in [0.717, 1.165) is 5.56 Å². The molecule has 2 N–H and O–H groups in total. The molecule has 4 nitrogen and oxygen atoms in total. The van der Waals surface area contributed by atoms with Crippen molar-refractivity contribution in [1.82, 2.24) is 4.98 Å². The number of pyridine rings is 1. The number of rotatable bonds is 2. The zero-order chi connectivity index (χ0) is 14.0. The molecular formula is C14H13ClN2O2. The first kappa shape index (κ1) is 13.4. The lowest BCUT2D eigenvalue weighted by Crippen LogP contribution is -2.13. The first-order chi connectivity index (χ1) is 8.99. The van der Waals surface area contributed by atoms with Gasteiger partial charge in [0.2, 0.25) is 0 Å². The molecule has 2 aromatic rings. The Labute approximate surface area is 116 Å².